The van der Waals surface area contributed by atoms with Gasteiger partial charge in [0.1, 0.15) is 0 Å². The van der Waals surface area contributed by atoms with Crippen molar-refractivity contribution in [3.8, 4) is 0 Å². The number of anilines is 1. The minimum Gasteiger partial charge on any atom is -0.385 e. The first-order chi connectivity index (χ1) is 4.97. The second-order valence-corrected chi connectivity index (χ2v) is 2.69. The highest BCUT2D eigenvalue weighted by Crippen LogP contribution is 2.19. The molecule has 0 saturated carbocycles. The maximum absolute atomic E-state index is 3.36. The molecular formula is C9H11BN. The lowest BCUT2D eigenvalue weighted by Crippen LogP contribution is -2.10. The first-order valence-corrected chi connectivity index (χ1v) is 3.78. The van der Waals surface area contributed by atoms with Crippen molar-refractivity contribution in [3.63, 3.8) is 0 Å². The Labute approximate surface area is 69.4 Å². The van der Waals surface area contributed by atoms with E-state index in [2.05, 4.69) is 29.6 Å². The van der Waals surface area contributed by atoms with Crippen LogP contribution in [0.4, 0.5) is 5.69 Å². The fraction of sp³-hybridized carbons (Fsp3) is 0.333. The van der Waals surface area contributed by atoms with Crippen LogP contribution < -0.4 is 5.32 Å². The third-order valence-corrected chi connectivity index (χ3v) is 1.96. The van der Waals surface area contributed by atoms with E-state index in [0.717, 1.165) is 6.54 Å². The van der Waals surface area contributed by atoms with E-state index in [9.17, 15) is 0 Å². The van der Waals surface area contributed by atoms with Crippen molar-refractivity contribution in [2.45, 2.75) is 12.8 Å². The summed E-state index contributed by atoms with van der Waals surface area (Å²) < 4.78 is 0. The van der Waals surface area contributed by atoms with Gasteiger partial charge in [-0.25, -0.2) is 0 Å². The Hall–Kier alpha value is -0.915. The Kier molecular flexibility index (Phi) is 2.58. The Bertz CT molecular complexity index is 210. The number of rotatable bonds is 0. The lowest BCUT2D eigenvalue weighted by molar-refractivity contribution is 0.830. The van der Waals surface area contributed by atoms with Crippen LogP contribution in [-0.2, 0) is 6.42 Å². The zero-order valence-corrected chi connectivity index (χ0v) is 6.51. The van der Waals surface area contributed by atoms with E-state index in [-0.39, 0.29) is 8.41 Å². The van der Waals surface area contributed by atoms with E-state index >= 15 is 0 Å². The van der Waals surface area contributed by atoms with Gasteiger partial charge in [-0.15, -0.1) is 0 Å². The lowest BCUT2D eigenvalue weighted by Gasteiger charge is -2.16. The number of hydrogen-bond donors (Lipinski definition) is 1. The van der Waals surface area contributed by atoms with Crippen molar-refractivity contribution in [3.05, 3.63) is 29.8 Å². The highest BCUT2D eigenvalue weighted by molar-refractivity contribution is 5.75. The Morgan fingerprint density at radius 3 is 2.82 bits per heavy atom. The quantitative estimate of drug-likeness (QED) is 0.546. The summed E-state index contributed by atoms with van der Waals surface area (Å²) in [5, 5.41) is 3.36. The average molecular weight is 144 g/mol. The summed E-state index contributed by atoms with van der Waals surface area (Å²) in [4.78, 5) is 0. The molecule has 1 aromatic rings. The summed E-state index contributed by atoms with van der Waals surface area (Å²) in [5.41, 5.74) is 2.79. The van der Waals surface area contributed by atoms with Crippen LogP contribution in [0.25, 0.3) is 0 Å². The normalized spacial score (nSPS) is 14.2. The molecule has 1 aliphatic heterocycles. The smallest absolute Gasteiger partial charge is 0.0372 e. The zero-order chi connectivity index (χ0) is 6.81. The number of benzene rings is 1. The SMILES string of the molecule is [B].c1ccc2c(c1)CCCN2. The Morgan fingerprint density at radius 1 is 1.18 bits per heavy atom. The van der Waals surface area contributed by atoms with Crippen molar-refractivity contribution in [1.29, 1.82) is 0 Å². The minimum absolute atomic E-state index is 0. The van der Waals surface area contributed by atoms with Crippen LogP contribution in [0.3, 0.4) is 0 Å². The van der Waals surface area contributed by atoms with Crippen molar-refractivity contribution in [2.24, 2.45) is 0 Å². The van der Waals surface area contributed by atoms with E-state index in [4.69, 9.17) is 0 Å². The molecule has 0 atom stereocenters. The molecular weight excluding hydrogens is 133 g/mol. The van der Waals surface area contributed by atoms with Crippen molar-refractivity contribution < 1.29 is 0 Å². The standard InChI is InChI=1S/C9H11N.B/c1-2-6-9-8(4-1)5-3-7-10-9;/h1-2,4,6,10H,3,5,7H2;. The van der Waals surface area contributed by atoms with Gasteiger partial charge in [0.05, 0.1) is 0 Å². The van der Waals surface area contributed by atoms with Gasteiger partial charge in [-0.1, -0.05) is 18.2 Å². The topological polar surface area (TPSA) is 12.0 Å². The van der Waals surface area contributed by atoms with Crippen LogP contribution in [0.1, 0.15) is 12.0 Å². The molecule has 0 bridgehead atoms. The van der Waals surface area contributed by atoms with Gasteiger partial charge < -0.3 is 5.32 Å². The maximum atomic E-state index is 3.36. The fourth-order valence-corrected chi connectivity index (χ4v) is 1.41. The van der Waals surface area contributed by atoms with Crippen molar-refractivity contribution >= 4 is 14.1 Å². The third kappa shape index (κ3) is 1.56. The molecule has 0 amide bonds. The summed E-state index contributed by atoms with van der Waals surface area (Å²) in [6.07, 6.45) is 2.51. The first kappa shape index (κ1) is 8.18. The van der Waals surface area contributed by atoms with Gasteiger partial charge in [0, 0.05) is 20.6 Å². The molecule has 11 heavy (non-hydrogen) atoms. The van der Waals surface area contributed by atoms with Crippen molar-refractivity contribution in [1.82, 2.24) is 0 Å². The molecule has 0 saturated heterocycles. The predicted molar refractivity (Wildman–Crippen MR) is 49.0 cm³/mol. The monoisotopic (exact) mass is 144 g/mol. The number of aryl methyl sites for hydroxylation is 1. The van der Waals surface area contributed by atoms with E-state index < -0.39 is 0 Å². The van der Waals surface area contributed by atoms with Gasteiger partial charge in [-0.05, 0) is 24.5 Å². The summed E-state index contributed by atoms with van der Waals surface area (Å²) in [6.45, 7) is 1.14. The second-order valence-electron chi connectivity index (χ2n) is 2.69. The maximum Gasteiger partial charge on any atom is 0.0372 e. The fourth-order valence-electron chi connectivity index (χ4n) is 1.41. The van der Waals surface area contributed by atoms with Crippen LogP contribution in [0.15, 0.2) is 24.3 Å². The Balaban J connectivity index is 0.000000605. The summed E-state index contributed by atoms with van der Waals surface area (Å²) >= 11 is 0. The number of hydrogen-bond acceptors (Lipinski definition) is 1. The molecule has 1 aromatic carbocycles. The number of para-hydroxylation sites is 1. The summed E-state index contributed by atoms with van der Waals surface area (Å²) in [7, 11) is 0. The molecule has 0 spiro atoms. The van der Waals surface area contributed by atoms with E-state index in [1.165, 1.54) is 24.1 Å². The predicted octanol–water partition coefficient (Wildman–Crippen LogP) is 1.66. The summed E-state index contributed by atoms with van der Waals surface area (Å²) in [6, 6.07) is 8.53. The van der Waals surface area contributed by atoms with Crippen LogP contribution in [0, 0.1) is 0 Å². The van der Waals surface area contributed by atoms with E-state index in [1.54, 1.807) is 0 Å². The molecule has 1 nitrogen and oxygen atoms in total. The lowest BCUT2D eigenvalue weighted by atomic mass is 10.0. The van der Waals surface area contributed by atoms with Crippen LogP contribution in [-0.4, -0.2) is 15.0 Å². The number of fused-ring (bicyclic) bond motifs is 1. The molecule has 1 N–H and O–H groups in total. The molecule has 0 fully saturated rings. The van der Waals surface area contributed by atoms with Crippen LogP contribution >= 0.6 is 0 Å². The molecule has 0 aromatic heterocycles. The largest absolute Gasteiger partial charge is 0.385 e. The zero-order valence-electron chi connectivity index (χ0n) is 6.51. The Morgan fingerprint density at radius 2 is 2.00 bits per heavy atom. The van der Waals surface area contributed by atoms with Crippen LogP contribution in [0.2, 0.25) is 0 Å². The van der Waals surface area contributed by atoms with Crippen LogP contribution in [0.5, 0.6) is 0 Å². The van der Waals surface area contributed by atoms with Crippen molar-refractivity contribution in [2.75, 3.05) is 11.9 Å². The van der Waals surface area contributed by atoms with Gasteiger partial charge in [0.2, 0.25) is 0 Å². The van der Waals surface area contributed by atoms with E-state index in [1.807, 2.05) is 0 Å². The molecule has 3 radical (unpaired) electrons. The van der Waals surface area contributed by atoms with Gasteiger partial charge in [0.25, 0.3) is 0 Å². The first-order valence-electron chi connectivity index (χ1n) is 3.78. The molecule has 55 valence electrons. The highest BCUT2D eigenvalue weighted by atomic mass is 14.9. The molecule has 0 unspecified atom stereocenters. The van der Waals surface area contributed by atoms with Gasteiger partial charge in [-0.2, -0.15) is 0 Å². The highest BCUT2D eigenvalue weighted by Gasteiger charge is 2.04. The average Bonchev–Trinajstić information content (AvgIpc) is 2.05. The molecule has 2 heteroatoms. The molecule has 0 aliphatic carbocycles. The molecule has 1 aliphatic rings. The van der Waals surface area contributed by atoms with Gasteiger partial charge in [-0.3, -0.25) is 0 Å². The third-order valence-electron chi connectivity index (χ3n) is 1.96. The molecule has 1 heterocycles. The van der Waals surface area contributed by atoms with Gasteiger partial charge >= 0.3 is 0 Å². The minimum atomic E-state index is 0. The van der Waals surface area contributed by atoms with Gasteiger partial charge in [0.15, 0.2) is 0 Å². The second kappa shape index (κ2) is 3.47. The number of nitrogens with one attached hydrogen (secondary N) is 1. The summed E-state index contributed by atoms with van der Waals surface area (Å²) in [5.74, 6) is 0. The molecule has 2 rings (SSSR count). The van der Waals surface area contributed by atoms with E-state index in [0.29, 0.717) is 0 Å².